The quantitative estimate of drug-likeness (QED) is 0.584. The largest absolute Gasteiger partial charge is 0.457 e. The molecule has 2 rings (SSSR count). The second-order valence-corrected chi connectivity index (χ2v) is 5.23. The van der Waals surface area contributed by atoms with E-state index >= 15 is 0 Å². The Bertz CT molecular complexity index is 498. The number of benzene rings is 2. The predicted octanol–water partition coefficient (Wildman–Crippen LogP) is 6.16. The fraction of sp³-hybridized carbons (Fsp3) is 0.368. The highest BCUT2D eigenvalue weighted by molar-refractivity contribution is 5.39. The molecule has 1 heteroatoms. The van der Waals surface area contributed by atoms with Crippen LogP contribution in [0.1, 0.15) is 51.0 Å². The summed E-state index contributed by atoms with van der Waals surface area (Å²) in [4.78, 5) is 0. The molecule has 0 N–H and O–H groups in total. The van der Waals surface area contributed by atoms with Crippen LogP contribution in [0.4, 0.5) is 0 Å². The zero-order valence-corrected chi connectivity index (χ0v) is 12.5. The SMILES string of the molecule is CCCC(CCC)c1ccccc1Oc1ccccc1. The van der Waals surface area contributed by atoms with Gasteiger partial charge in [-0.05, 0) is 42.5 Å². The van der Waals surface area contributed by atoms with Gasteiger partial charge in [-0.3, -0.25) is 0 Å². The fourth-order valence-corrected chi connectivity index (χ4v) is 2.68. The average molecular weight is 268 g/mol. The van der Waals surface area contributed by atoms with Crippen LogP contribution < -0.4 is 4.74 Å². The van der Waals surface area contributed by atoms with Gasteiger partial charge in [-0.1, -0.05) is 63.1 Å². The van der Waals surface area contributed by atoms with E-state index in [0.717, 1.165) is 11.5 Å². The summed E-state index contributed by atoms with van der Waals surface area (Å²) in [6, 6.07) is 18.5. The zero-order valence-electron chi connectivity index (χ0n) is 12.5. The van der Waals surface area contributed by atoms with Crippen molar-refractivity contribution in [3.63, 3.8) is 0 Å². The van der Waals surface area contributed by atoms with Crippen LogP contribution in [0.5, 0.6) is 11.5 Å². The van der Waals surface area contributed by atoms with Crippen molar-refractivity contribution in [2.45, 2.75) is 45.4 Å². The van der Waals surface area contributed by atoms with Crippen LogP contribution >= 0.6 is 0 Å². The molecule has 0 unspecified atom stereocenters. The molecule has 0 aliphatic rings. The molecule has 2 aromatic rings. The van der Waals surface area contributed by atoms with Gasteiger partial charge in [0.2, 0.25) is 0 Å². The summed E-state index contributed by atoms with van der Waals surface area (Å²) in [6.07, 6.45) is 4.88. The molecular formula is C19H24O. The van der Waals surface area contributed by atoms with Gasteiger partial charge < -0.3 is 4.74 Å². The molecule has 0 spiro atoms. The van der Waals surface area contributed by atoms with Gasteiger partial charge in [0.15, 0.2) is 0 Å². The molecule has 1 nitrogen and oxygen atoms in total. The lowest BCUT2D eigenvalue weighted by Crippen LogP contribution is -2.01. The minimum atomic E-state index is 0.602. The highest BCUT2D eigenvalue weighted by atomic mass is 16.5. The molecule has 20 heavy (non-hydrogen) atoms. The van der Waals surface area contributed by atoms with E-state index < -0.39 is 0 Å². The van der Waals surface area contributed by atoms with E-state index in [1.165, 1.54) is 31.2 Å². The zero-order chi connectivity index (χ0) is 14.2. The van der Waals surface area contributed by atoms with E-state index in [1.807, 2.05) is 30.3 Å². The van der Waals surface area contributed by atoms with Crippen molar-refractivity contribution in [2.75, 3.05) is 0 Å². The van der Waals surface area contributed by atoms with Crippen molar-refractivity contribution in [1.29, 1.82) is 0 Å². The van der Waals surface area contributed by atoms with E-state index in [2.05, 4.69) is 38.1 Å². The highest BCUT2D eigenvalue weighted by Gasteiger charge is 2.14. The minimum Gasteiger partial charge on any atom is -0.457 e. The molecular weight excluding hydrogens is 244 g/mol. The first-order valence-electron chi connectivity index (χ1n) is 7.67. The maximum absolute atomic E-state index is 6.08. The molecule has 0 fully saturated rings. The van der Waals surface area contributed by atoms with Gasteiger partial charge in [0.25, 0.3) is 0 Å². The van der Waals surface area contributed by atoms with E-state index in [1.54, 1.807) is 0 Å². The van der Waals surface area contributed by atoms with Crippen molar-refractivity contribution < 1.29 is 4.74 Å². The van der Waals surface area contributed by atoms with Crippen molar-refractivity contribution >= 4 is 0 Å². The molecule has 0 heterocycles. The molecule has 0 radical (unpaired) electrons. The van der Waals surface area contributed by atoms with Gasteiger partial charge in [-0.15, -0.1) is 0 Å². The van der Waals surface area contributed by atoms with Gasteiger partial charge in [0.1, 0.15) is 11.5 Å². The summed E-state index contributed by atoms with van der Waals surface area (Å²) in [5, 5.41) is 0. The van der Waals surface area contributed by atoms with Crippen LogP contribution in [-0.4, -0.2) is 0 Å². The first-order chi connectivity index (χ1) is 9.85. The first kappa shape index (κ1) is 14.6. The summed E-state index contributed by atoms with van der Waals surface area (Å²) in [5.74, 6) is 2.52. The lowest BCUT2D eigenvalue weighted by atomic mass is 9.90. The van der Waals surface area contributed by atoms with Crippen molar-refractivity contribution in [3.8, 4) is 11.5 Å². The summed E-state index contributed by atoms with van der Waals surface area (Å²) < 4.78 is 6.08. The smallest absolute Gasteiger partial charge is 0.130 e. The molecule has 0 aromatic heterocycles. The number of hydrogen-bond acceptors (Lipinski definition) is 1. The van der Waals surface area contributed by atoms with Crippen LogP contribution in [0.15, 0.2) is 54.6 Å². The Morgan fingerprint density at radius 2 is 1.40 bits per heavy atom. The third-order valence-corrected chi connectivity index (χ3v) is 3.60. The van der Waals surface area contributed by atoms with Gasteiger partial charge >= 0.3 is 0 Å². The lowest BCUT2D eigenvalue weighted by Gasteiger charge is -2.19. The Morgan fingerprint density at radius 3 is 2.05 bits per heavy atom. The summed E-state index contributed by atoms with van der Waals surface area (Å²) >= 11 is 0. The van der Waals surface area contributed by atoms with Crippen molar-refractivity contribution in [1.82, 2.24) is 0 Å². The van der Waals surface area contributed by atoms with Crippen LogP contribution in [0.25, 0.3) is 0 Å². The Balaban J connectivity index is 2.24. The van der Waals surface area contributed by atoms with E-state index in [0.29, 0.717) is 5.92 Å². The molecule has 2 aromatic carbocycles. The first-order valence-corrected chi connectivity index (χ1v) is 7.67. The third-order valence-electron chi connectivity index (χ3n) is 3.60. The Hall–Kier alpha value is -1.76. The van der Waals surface area contributed by atoms with E-state index in [9.17, 15) is 0 Å². The number of hydrogen-bond donors (Lipinski definition) is 0. The third kappa shape index (κ3) is 3.86. The highest BCUT2D eigenvalue weighted by Crippen LogP contribution is 2.35. The molecule has 106 valence electrons. The Morgan fingerprint density at radius 1 is 0.800 bits per heavy atom. The van der Waals surface area contributed by atoms with Crippen LogP contribution in [-0.2, 0) is 0 Å². The number of rotatable bonds is 7. The molecule has 0 saturated heterocycles. The predicted molar refractivity (Wildman–Crippen MR) is 85.5 cm³/mol. The van der Waals surface area contributed by atoms with E-state index in [-0.39, 0.29) is 0 Å². The van der Waals surface area contributed by atoms with Gasteiger partial charge in [-0.25, -0.2) is 0 Å². The minimum absolute atomic E-state index is 0.602. The monoisotopic (exact) mass is 268 g/mol. The van der Waals surface area contributed by atoms with Crippen molar-refractivity contribution in [2.24, 2.45) is 0 Å². The Kier molecular flexibility index (Phi) is 5.67. The standard InChI is InChI=1S/C19H24O/c1-3-10-16(11-4-2)18-14-8-9-15-19(18)20-17-12-6-5-7-13-17/h5-9,12-16H,3-4,10-11H2,1-2H3. The second kappa shape index (κ2) is 7.74. The molecule has 0 amide bonds. The van der Waals surface area contributed by atoms with Crippen LogP contribution in [0, 0.1) is 0 Å². The number of para-hydroxylation sites is 2. The van der Waals surface area contributed by atoms with Gasteiger partial charge in [-0.2, -0.15) is 0 Å². The summed E-state index contributed by atoms with van der Waals surface area (Å²) in [6.45, 7) is 4.51. The fourth-order valence-electron chi connectivity index (χ4n) is 2.68. The van der Waals surface area contributed by atoms with Crippen LogP contribution in [0.3, 0.4) is 0 Å². The van der Waals surface area contributed by atoms with Gasteiger partial charge in [0, 0.05) is 0 Å². The maximum atomic E-state index is 6.08. The molecule has 0 atom stereocenters. The summed E-state index contributed by atoms with van der Waals surface area (Å²) in [5.41, 5.74) is 1.35. The normalized spacial score (nSPS) is 10.8. The number of ether oxygens (including phenoxy) is 1. The molecule has 0 aliphatic carbocycles. The maximum Gasteiger partial charge on any atom is 0.130 e. The second-order valence-electron chi connectivity index (χ2n) is 5.23. The van der Waals surface area contributed by atoms with Crippen LogP contribution in [0.2, 0.25) is 0 Å². The van der Waals surface area contributed by atoms with Gasteiger partial charge in [0.05, 0.1) is 0 Å². The lowest BCUT2D eigenvalue weighted by molar-refractivity contribution is 0.459. The summed E-state index contributed by atoms with van der Waals surface area (Å²) in [7, 11) is 0. The topological polar surface area (TPSA) is 9.23 Å². The molecule has 0 aliphatic heterocycles. The molecule has 0 saturated carbocycles. The van der Waals surface area contributed by atoms with Crippen molar-refractivity contribution in [3.05, 3.63) is 60.2 Å². The van der Waals surface area contributed by atoms with E-state index in [4.69, 9.17) is 4.74 Å². The average Bonchev–Trinajstić information content (AvgIpc) is 2.49. The molecule has 0 bridgehead atoms. The Labute approximate surface area is 122 Å².